The Morgan fingerprint density at radius 1 is 0.968 bits per heavy atom. The number of carbonyl (C=O) groups is 1. The average molecular weight is 496 g/mol. The van der Waals surface area contributed by atoms with E-state index in [0.717, 1.165) is 11.1 Å². The molecule has 0 aliphatic rings. The number of fused-ring (bicyclic) bond motifs is 1. The van der Waals surface area contributed by atoms with Gasteiger partial charge in [-0.05, 0) is 48.9 Å². The number of nitrogens with zero attached hydrogens (tertiary/aromatic N) is 1. The van der Waals surface area contributed by atoms with Crippen LogP contribution in [0.15, 0.2) is 52.9 Å². The molecule has 0 aliphatic carbocycles. The number of aromatic nitrogens is 1. The second-order valence-corrected chi connectivity index (χ2v) is 8.35. The summed E-state index contributed by atoms with van der Waals surface area (Å²) in [5.74, 6) is 0.217. The highest BCUT2D eigenvalue weighted by molar-refractivity contribution is 6.43. The molecule has 31 heavy (non-hydrogen) atoms. The quantitative estimate of drug-likeness (QED) is 0.292. The third-order valence-electron chi connectivity index (χ3n) is 4.36. The van der Waals surface area contributed by atoms with Crippen LogP contribution in [-0.4, -0.2) is 17.5 Å². The molecule has 1 heterocycles. The number of nitrogens with one attached hydrogen (secondary N) is 1. The molecule has 0 radical (unpaired) electrons. The van der Waals surface area contributed by atoms with Crippen LogP contribution >= 0.6 is 46.4 Å². The molecule has 4 aromatic rings. The Morgan fingerprint density at radius 2 is 1.74 bits per heavy atom. The third-order valence-corrected chi connectivity index (χ3v) is 5.70. The monoisotopic (exact) mass is 494 g/mol. The molecule has 1 aromatic heterocycles. The lowest BCUT2D eigenvalue weighted by Gasteiger charge is -2.10. The molecule has 1 amide bonds. The fourth-order valence-corrected chi connectivity index (χ4v) is 3.66. The van der Waals surface area contributed by atoms with Crippen molar-refractivity contribution in [2.45, 2.75) is 6.92 Å². The SMILES string of the molecule is Cc1ccc2oc(-c3cc(NC(=O)COc4cc(Cl)c(Cl)cc4Cl)ccc3Cl)nc2c1. The highest BCUT2D eigenvalue weighted by Crippen LogP contribution is 2.34. The predicted octanol–water partition coefficient (Wildman–Crippen LogP) is 7.43. The number of ether oxygens (including phenoxy) is 1. The van der Waals surface area contributed by atoms with Gasteiger partial charge in [-0.3, -0.25) is 4.79 Å². The zero-order chi connectivity index (χ0) is 22.1. The van der Waals surface area contributed by atoms with Crippen LogP contribution in [0.5, 0.6) is 5.75 Å². The lowest BCUT2D eigenvalue weighted by atomic mass is 10.2. The molecule has 0 atom stereocenters. The van der Waals surface area contributed by atoms with E-state index in [0.29, 0.717) is 32.8 Å². The number of hydrogen-bond acceptors (Lipinski definition) is 4. The molecule has 0 fully saturated rings. The summed E-state index contributed by atoms with van der Waals surface area (Å²) in [6, 6.07) is 13.6. The van der Waals surface area contributed by atoms with Gasteiger partial charge in [-0.25, -0.2) is 4.98 Å². The lowest BCUT2D eigenvalue weighted by molar-refractivity contribution is -0.118. The smallest absolute Gasteiger partial charge is 0.262 e. The fraction of sp³-hybridized carbons (Fsp3) is 0.0909. The van der Waals surface area contributed by atoms with E-state index < -0.39 is 5.91 Å². The number of halogens is 4. The van der Waals surface area contributed by atoms with Crippen LogP contribution in [0.1, 0.15) is 5.56 Å². The van der Waals surface area contributed by atoms with Crippen molar-refractivity contribution < 1.29 is 13.9 Å². The first-order valence-corrected chi connectivity index (χ1v) is 10.6. The summed E-state index contributed by atoms with van der Waals surface area (Å²) < 4.78 is 11.3. The summed E-state index contributed by atoms with van der Waals surface area (Å²) in [6.07, 6.45) is 0. The maximum absolute atomic E-state index is 12.3. The number of anilines is 1. The average Bonchev–Trinajstić information content (AvgIpc) is 3.14. The van der Waals surface area contributed by atoms with Crippen molar-refractivity contribution in [2.75, 3.05) is 11.9 Å². The number of hydrogen-bond donors (Lipinski definition) is 1. The molecule has 4 rings (SSSR count). The van der Waals surface area contributed by atoms with Crippen molar-refractivity contribution in [2.24, 2.45) is 0 Å². The Morgan fingerprint density at radius 3 is 2.55 bits per heavy atom. The maximum atomic E-state index is 12.3. The Balaban J connectivity index is 1.50. The Bertz CT molecular complexity index is 1300. The zero-order valence-electron chi connectivity index (χ0n) is 16.0. The second kappa shape index (κ2) is 8.97. The Hall–Kier alpha value is -2.44. The molecule has 9 heteroatoms. The van der Waals surface area contributed by atoms with E-state index in [-0.39, 0.29) is 22.4 Å². The van der Waals surface area contributed by atoms with E-state index in [1.165, 1.54) is 12.1 Å². The van der Waals surface area contributed by atoms with Crippen molar-refractivity contribution in [1.82, 2.24) is 4.98 Å². The van der Waals surface area contributed by atoms with Crippen LogP contribution < -0.4 is 10.1 Å². The lowest BCUT2D eigenvalue weighted by Crippen LogP contribution is -2.20. The fourth-order valence-electron chi connectivity index (χ4n) is 2.87. The van der Waals surface area contributed by atoms with Gasteiger partial charge < -0.3 is 14.5 Å². The number of oxazole rings is 1. The maximum Gasteiger partial charge on any atom is 0.262 e. The molecular formula is C22H14Cl4N2O3. The van der Waals surface area contributed by atoms with Crippen molar-refractivity contribution in [3.8, 4) is 17.2 Å². The summed E-state index contributed by atoms with van der Waals surface area (Å²) in [4.78, 5) is 16.8. The minimum Gasteiger partial charge on any atom is -0.482 e. The summed E-state index contributed by atoms with van der Waals surface area (Å²) in [5.41, 5.74) is 3.51. The van der Waals surface area contributed by atoms with Gasteiger partial charge in [0.1, 0.15) is 11.3 Å². The predicted molar refractivity (Wildman–Crippen MR) is 125 cm³/mol. The molecule has 0 aliphatic heterocycles. The molecule has 0 spiro atoms. The molecule has 0 bridgehead atoms. The molecular weight excluding hydrogens is 482 g/mol. The van der Waals surface area contributed by atoms with Crippen LogP contribution in [0.4, 0.5) is 5.69 Å². The largest absolute Gasteiger partial charge is 0.482 e. The van der Waals surface area contributed by atoms with Gasteiger partial charge in [0.2, 0.25) is 5.89 Å². The highest BCUT2D eigenvalue weighted by Gasteiger charge is 2.14. The zero-order valence-corrected chi connectivity index (χ0v) is 19.0. The van der Waals surface area contributed by atoms with Crippen LogP contribution in [0.25, 0.3) is 22.6 Å². The third kappa shape index (κ3) is 4.91. The Labute approximate surface area is 197 Å². The van der Waals surface area contributed by atoms with Gasteiger partial charge in [-0.15, -0.1) is 0 Å². The van der Waals surface area contributed by atoms with Crippen LogP contribution in [-0.2, 0) is 4.79 Å². The van der Waals surface area contributed by atoms with Gasteiger partial charge in [0.25, 0.3) is 5.91 Å². The molecule has 0 saturated carbocycles. The summed E-state index contributed by atoms with van der Waals surface area (Å²) in [7, 11) is 0. The first-order chi connectivity index (χ1) is 14.8. The molecule has 5 nitrogen and oxygen atoms in total. The van der Waals surface area contributed by atoms with Crippen LogP contribution in [0.3, 0.4) is 0 Å². The Kier molecular flexibility index (Phi) is 6.30. The van der Waals surface area contributed by atoms with Crippen LogP contribution in [0, 0.1) is 6.92 Å². The van der Waals surface area contributed by atoms with E-state index in [4.69, 9.17) is 55.6 Å². The van der Waals surface area contributed by atoms with Crippen molar-refractivity contribution in [1.29, 1.82) is 0 Å². The van der Waals surface area contributed by atoms with Gasteiger partial charge in [0.15, 0.2) is 12.2 Å². The number of carbonyl (C=O) groups excluding carboxylic acids is 1. The van der Waals surface area contributed by atoms with E-state index in [1.807, 2.05) is 25.1 Å². The topological polar surface area (TPSA) is 64.4 Å². The first kappa shape index (κ1) is 21.8. The summed E-state index contributed by atoms with van der Waals surface area (Å²) in [6.45, 7) is 1.70. The standard InChI is InChI=1S/C22H14Cl4N2O3/c1-11-2-5-19-18(6-11)28-22(31-19)13-7-12(3-4-14(13)23)27-21(29)10-30-20-9-16(25)15(24)8-17(20)26/h2-9H,10H2,1H3,(H,27,29). The minimum absolute atomic E-state index is 0.252. The first-order valence-electron chi connectivity index (χ1n) is 9.04. The van der Waals surface area contributed by atoms with E-state index >= 15 is 0 Å². The highest BCUT2D eigenvalue weighted by atomic mass is 35.5. The van der Waals surface area contributed by atoms with Gasteiger partial charge in [-0.1, -0.05) is 52.5 Å². The molecule has 1 N–H and O–H groups in total. The minimum atomic E-state index is -0.399. The molecule has 0 saturated heterocycles. The van der Waals surface area contributed by atoms with Crippen LogP contribution in [0.2, 0.25) is 20.1 Å². The van der Waals surface area contributed by atoms with Gasteiger partial charge in [-0.2, -0.15) is 0 Å². The normalized spacial score (nSPS) is 11.0. The number of rotatable bonds is 5. The van der Waals surface area contributed by atoms with Crippen molar-refractivity contribution in [3.63, 3.8) is 0 Å². The molecule has 3 aromatic carbocycles. The number of amides is 1. The van der Waals surface area contributed by atoms with E-state index in [1.54, 1.807) is 18.2 Å². The van der Waals surface area contributed by atoms with Gasteiger partial charge >= 0.3 is 0 Å². The summed E-state index contributed by atoms with van der Waals surface area (Å²) in [5, 5.41) is 4.01. The van der Waals surface area contributed by atoms with E-state index in [2.05, 4.69) is 10.3 Å². The summed E-state index contributed by atoms with van der Waals surface area (Å²) >= 11 is 24.3. The number of aryl methyl sites for hydroxylation is 1. The molecule has 158 valence electrons. The molecule has 0 unspecified atom stereocenters. The number of benzene rings is 3. The van der Waals surface area contributed by atoms with Gasteiger partial charge in [0.05, 0.1) is 25.7 Å². The second-order valence-electron chi connectivity index (χ2n) is 6.72. The van der Waals surface area contributed by atoms with Crippen molar-refractivity contribution >= 4 is 69.1 Å². The van der Waals surface area contributed by atoms with Crippen molar-refractivity contribution in [3.05, 3.63) is 74.2 Å². The van der Waals surface area contributed by atoms with E-state index in [9.17, 15) is 4.79 Å². The van der Waals surface area contributed by atoms with Gasteiger partial charge in [0, 0.05) is 11.8 Å².